The first-order chi connectivity index (χ1) is 15.6. The summed E-state index contributed by atoms with van der Waals surface area (Å²) in [5.41, 5.74) is 18.4. The second-order valence-electron chi connectivity index (χ2n) is 7.71. The van der Waals surface area contributed by atoms with Crippen LogP contribution in [0, 0.1) is 0 Å². The molecule has 2 aromatic carbocycles. The second kappa shape index (κ2) is 9.66. The van der Waals surface area contributed by atoms with E-state index >= 15 is 0 Å². The summed E-state index contributed by atoms with van der Waals surface area (Å²) in [6, 6.07) is 4.24. The van der Waals surface area contributed by atoms with Crippen molar-refractivity contribution < 1.29 is 31.1 Å². The van der Waals surface area contributed by atoms with Crippen LogP contribution in [0.5, 0.6) is 0 Å². The van der Waals surface area contributed by atoms with Crippen LogP contribution in [0.25, 0.3) is 0 Å². The van der Waals surface area contributed by atoms with Gasteiger partial charge in [-0.1, -0.05) is 46.4 Å². The Bertz CT molecular complexity index is 976. The van der Waals surface area contributed by atoms with Gasteiger partial charge in [0.1, 0.15) is 0 Å². The van der Waals surface area contributed by atoms with Gasteiger partial charge in [-0.05, 0) is 49.2 Å². The molecule has 0 aliphatic rings. The Morgan fingerprint density at radius 3 is 1.03 bits per heavy atom. The smallest absolute Gasteiger partial charge is 0.338 e. The van der Waals surface area contributed by atoms with E-state index in [0.29, 0.717) is 0 Å². The molecule has 0 heterocycles. The SMILES string of the molecule is CC(OC(C)c1cc(N)c(C(F)(F)C(F)(Cl)Cl)c(N)c1)c1cc(N)c(C(F)(F)C(F)(Cl)Cl)c(N)c1. The molecule has 0 radical (unpaired) electrons. The van der Waals surface area contributed by atoms with E-state index < -0.39 is 67.1 Å². The summed E-state index contributed by atoms with van der Waals surface area (Å²) in [5, 5.41) is 0. The molecule has 0 fully saturated rings. The summed E-state index contributed by atoms with van der Waals surface area (Å²) in [4.78, 5) is 0. The van der Waals surface area contributed by atoms with Gasteiger partial charge < -0.3 is 27.7 Å². The minimum atomic E-state index is -4.43. The third-order valence-corrected chi connectivity index (χ3v) is 6.08. The lowest BCUT2D eigenvalue weighted by Gasteiger charge is -2.28. The fourth-order valence-corrected chi connectivity index (χ4v) is 3.74. The molecule has 0 saturated carbocycles. The summed E-state index contributed by atoms with van der Waals surface area (Å²) in [5.74, 6) is -8.86. The summed E-state index contributed by atoms with van der Waals surface area (Å²) in [7, 11) is 0. The highest BCUT2D eigenvalue weighted by molar-refractivity contribution is 6.48. The Morgan fingerprint density at radius 1 is 0.600 bits per heavy atom. The zero-order valence-electron chi connectivity index (χ0n) is 18.0. The highest BCUT2D eigenvalue weighted by Gasteiger charge is 2.57. The van der Waals surface area contributed by atoms with E-state index in [1.165, 1.54) is 13.8 Å². The van der Waals surface area contributed by atoms with E-state index in [9.17, 15) is 26.3 Å². The van der Waals surface area contributed by atoms with Crippen LogP contribution in [-0.2, 0) is 16.6 Å². The largest absolute Gasteiger partial charge is 0.398 e. The Morgan fingerprint density at radius 2 is 0.829 bits per heavy atom. The van der Waals surface area contributed by atoms with Crippen molar-refractivity contribution in [3.8, 4) is 0 Å². The van der Waals surface area contributed by atoms with Gasteiger partial charge in [-0.25, -0.2) is 8.78 Å². The fourth-order valence-electron chi connectivity index (χ4n) is 3.36. The van der Waals surface area contributed by atoms with Crippen LogP contribution >= 0.6 is 46.4 Å². The number of nitrogens with two attached hydrogens (primary N) is 4. The van der Waals surface area contributed by atoms with Gasteiger partial charge in [0.25, 0.3) is 0 Å². The molecule has 2 rings (SSSR count). The minimum Gasteiger partial charge on any atom is -0.398 e. The second-order valence-corrected chi connectivity index (χ2v) is 10.2. The monoisotopic (exact) mass is 586 g/mol. The van der Waals surface area contributed by atoms with E-state index in [1.807, 2.05) is 0 Å². The van der Waals surface area contributed by atoms with Gasteiger partial charge in [-0.2, -0.15) is 17.6 Å². The third-order valence-electron chi connectivity index (χ3n) is 5.13. The van der Waals surface area contributed by atoms with Crippen molar-refractivity contribution in [1.82, 2.24) is 0 Å². The molecule has 35 heavy (non-hydrogen) atoms. The van der Waals surface area contributed by atoms with Crippen LogP contribution in [0.3, 0.4) is 0 Å². The maximum Gasteiger partial charge on any atom is 0.338 e. The average molecular weight is 588 g/mol. The topological polar surface area (TPSA) is 113 Å². The van der Waals surface area contributed by atoms with Crippen molar-refractivity contribution in [1.29, 1.82) is 0 Å². The lowest BCUT2D eigenvalue weighted by Crippen LogP contribution is -2.33. The molecule has 5 nitrogen and oxygen atoms in total. The normalized spacial score (nSPS) is 15.2. The number of benzene rings is 2. The van der Waals surface area contributed by atoms with Crippen molar-refractivity contribution >= 4 is 69.2 Å². The Kier molecular flexibility index (Phi) is 8.16. The van der Waals surface area contributed by atoms with Crippen LogP contribution in [-0.4, -0.2) is 9.17 Å². The van der Waals surface area contributed by atoms with Gasteiger partial charge in [0.2, 0.25) is 0 Å². The molecule has 2 atom stereocenters. The molecule has 196 valence electrons. The first kappa shape index (κ1) is 29.6. The van der Waals surface area contributed by atoms with Gasteiger partial charge in [0.15, 0.2) is 0 Å². The highest BCUT2D eigenvalue weighted by Crippen LogP contribution is 2.52. The number of hydrogen-bond acceptors (Lipinski definition) is 5. The van der Waals surface area contributed by atoms with Gasteiger partial charge in [-0.15, -0.1) is 0 Å². The fraction of sp³-hybridized carbons (Fsp3) is 0.400. The van der Waals surface area contributed by atoms with E-state index in [0.717, 1.165) is 24.3 Å². The van der Waals surface area contributed by atoms with E-state index in [1.54, 1.807) is 0 Å². The van der Waals surface area contributed by atoms with E-state index in [-0.39, 0.29) is 11.1 Å². The van der Waals surface area contributed by atoms with Crippen molar-refractivity contribution in [2.45, 2.75) is 47.1 Å². The van der Waals surface area contributed by atoms with E-state index in [4.69, 9.17) is 74.1 Å². The average Bonchev–Trinajstić information content (AvgIpc) is 2.64. The molecular weight excluding hydrogens is 568 g/mol. The molecule has 0 spiro atoms. The lowest BCUT2D eigenvalue weighted by molar-refractivity contribution is -0.0639. The molecule has 8 N–H and O–H groups in total. The number of ether oxygens (including phenoxy) is 1. The van der Waals surface area contributed by atoms with Gasteiger partial charge in [-0.3, -0.25) is 0 Å². The summed E-state index contributed by atoms with van der Waals surface area (Å²) >= 11 is 19.8. The predicted octanol–water partition coefficient (Wildman–Crippen LogP) is 7.24. The zero-order valence-corrected chi connectivity index (χ0v) is 21.0. The Hall–Kier alpha value is -1.66. The van der Waals surface area contributed by atoms with Gasteiger partial charge in [0, 0.05) is 22.7 Å². The van der Waals surface area contributed by atoms with Crippen LogP contribution < -0.4 is 22.9 Å². The molecule has 0 saturated heterocycles. The van der Waals surface area contributed by atoms with Crippen LogP contribution in [0.15, 0.2) is 24.3 Å². The number of alkyl halides is 10. The Labute approximate surface area is 216 Å². The highest BCUT2D eigenvalue weighted by atomic mass is 35.5. The molecule has 0 bridgehead atoms. The molecule has 0 aliphatic heterocycles. The number of anilines is 4. The maximum atomic E-state index is 14.3. The molecule has 2 unspecified atom stereocenters. The first-order valence-electron chi connectivity index (χ1n) is 9.56. The van der Waals surface area contributed by atoms with Crippen molar-refractivity contribution in [3.05, 3.63) is 46.5 Å². The van der Waals surface area contributed by atoms with Crippen LogP contribution in [0.4, 0.5) is 49.1 Å². The van der Waals surface area contributed by atoms with Gasteiger partial charge >= 0.3 is 21.0 Å². The molecule has 15 heteroatoms. The third kappa shape index (κ3) is 5.69. The quantitative estimate of drug-likeness (QED) is 0.148. The minimum absolute atomic E-state index is 0.204. The summed E-state index contributed by atoms with van der Waals surface area (Å²) < 4.78 is 82.1. The Balaban J connectivity index is 2.36. The predicted molar refractivity (Wildman–Crippen MR) is 127 cm³/mol. The lowest BCUT2D eigenvalue weighted by atomic mass is 9.98. The van der Waals surface area contributed by atoms with Crippen molar-refractivity contribution in [3.63, 3.8) is 0 Å². The maximum absolute atomic E-state index is 14.3. The van der Waals surface area contributed by atoms with Crippen LogP contribution in [0.1, 0.15) is 48.3 Å². The molecule has 0 aromatic heterocycles. The van der Waals surface area contributed by atoms with Crippen molar-refractivity contribution in [2.75, 3.05) is 22.9 Å². The van der Waals surface area contributed by atoms with Crippen LogP contribution in [0.2, 0.25) is 0 Å². The summed E-state index contributed by atoms with van der Waals surface area (Å²) in [6.45, 7) is 3.00. The standard InChI is InChI=1S/C20H20Cl4F6N4O/c1-7(9-3-11(31)15(12(32)4-9)17(25,26)19(21,22)29)35-8(2)10-5-13(33)16(14(34)6-10)18(27,28)20(23,24)30/h3-8H,31-34H2,1-2H3. The molecular formula is C20H20Cl4F6N4O. The van der Waals surface area contributed by atoms with Crippen molar-refractivity contribution in [2.24, 2.45) is 0 Å². The first-order valence-corrected chi connectivity index (χ1v) is 11.1. The van der Waals surface area contributed by atoms with E-state index in [2.05, 4.69) is 0 Å². The molecule has 2 aromatic rings. The number of rotatable bonds is 8. The number of nitrogen functional groups attached to an aromatic ring is 4. The number of halogens is 10. The summed E-state index contributed by atoms with van der Waals surface area (Å²) in [6.07, 6.45) is -1.74. The van der Waals surface area contributed by atoms with Gasteiger partial charge in [0.05, 0.1) is 23.3 Å². The zero-order chi connectivity index (χ0) is 27.3. The molecule has 0 amide bonds. The molecule has 0 aliphatic carbocycles. The number of hydrogen-bond donors (Lipinski definition) is 4.